The van der Waals surface area contributed by atoms with Gasteiger partial charge in [0.05, 0.1) is 16.6 Å². The van der Waals surface area contributed by atoms with Crippen LogP contribution in [0.1, 0.15) is 33.6 Å². The average Bonchev–Trinajstić information content (AvgIpc) is 2.53. The number of nitrogens with zero attached hydrogens (tertiary/aromatic N) is 4. The van der Waals surface area contributed by atoms with Gasteiger partial charge in [-0.1, -0.05) is 0 Å². The number of pyridine rings is 1. The Morgan fingerprint density at radius 2 is 2.29 bits per heavy atom. The van der Waals surface area contributed by atoms with Gasteiger partial charge in [-0.3, -0.25) is 4.98 Å². The highest BCUT2D eigenvalue weighted by molar-refractivity contribution is 8.03. The zero-order valence-corrected chi connectivity index (χ0v) is 15.5. The summed E-state index contributed by atoms with van der Waals surface area (Å²) < 4.78 is 5.47. The van der Waals surface area contributed by atoms with Crippen LogP contribution >= 0.6 is 11.8 Å². The number of hydrogen-bond acceptors (Lipinski definition) is 6. The van der Waals surface area contributed by atoms with Gasteiger partial charge in [0.15, 0.2) is 0 Å². The highest BCUT2D eigenvalue weighted by Crippen LogP contribution is 2.31. The number of thioether (sulfide) groups is 1. The molecule has 1 saturated heterocycles. The lowest BCUT2D eigenvalue weighted by atomic mass is 10.0. The van der Waals surface area contributed by atoms with E-state index in [1.54, 1.807) is 24.3 Å². The van der Waals surface area contributed by atoms with E-state index in [2.05, 4.69) is 15.3 Å². The lowest BCUT2D eigenvalue weighted by Gasteiger charge is -2.39. The van der Waals surface area contributed by atoms with Crippen LogP contribution in [0.3, 0.4) is 0 Å². The number of carbonyl (C=O) groups is 1. The van der Waals surface area contributed by atoms with Gasteiger partial charge >= 0.3 is 6.09 Å². The van der Waals surface area contributed by atoms with Crippen LogP contribution in [-0.2, 0) is 4.74 Å². The average molecular weight is 348 g/mol. The molecule has 7 heteroatoms. The van der Waals surface area contributed by atoms with Crippen LogP contribution in [0, 0.1) is 10.7 Å². The zero-order chi connectivity index (χ0) is 17.7. The van der Waals surface area contributed by atoms with E-state index in [1.807, 2.05) is 26.8 Å². The third-order valence-corrected chi connectivity index (χ3v) is 4.51. The first-order chi connectivity index (χ1) is 11.3. The van der Waals surface area contributed by atoms with Crippen LogP contribution in [0.2, 0.25) is 0 Å². The van der Waals surface area contributed by atoms with Crippen molar-refractivity contribution in [1.29, 1.82) is 5.26 Å². The van der Waals surface area contributed by atoms with Crippen molar-refractivity contribution in [2.24, 2.45) is 0 Å². The number of ether oxygens (including phenoxy) is 1. The zero-order valence-electron chi connectivity index (χ0n) is 14.7. The van der Waals surface area contributed by atoms with E-state index in [1.165, 1.54) is 0 Å². The van der Waals surface area contributed by atoms with Crippen LogP contribution in [0.4, 0.5) is 10.5 Å². The predicted octanol–water partition coefficient (Wildman–Crippen LogP) is 3.49. The number of aromatic nitrogens is 1. The van der Waals surface area contributed by atoms with Gasteiger partial charge in [-0.25, -0.2) is 4.79 Å². The Balaban J connectivity index is 2.09. The number of likely N-dealkylation sites (N-methyl/N-ethyl adjacent to an activating group) is 1. The lowest BCUT2D eigenvalue weighted by molar-refractivity contribution is 0.0209. The minimum Gasteiger partial charge on any atom is -0.444 e. The molecule has 1 aromatic rings. The summed E-state index contributed by atoms with van der Waals surface area (Å²) in [6.07, 6.45) is 5.08. The Kier molecular flexibility index (Phi) is 5.94. The molecule has 0 aliphatic carbocycles. The summed E-state index contributed by atoms with van der Waals surface area (Å²) in [5, 5.41) is 11.1. The molecule has 1 fully saturated rings. The van der Waals surface area contributed by atoms with Gasteiger partial charge < -0.3 is 14.5 Å². The number of carbonyl (C=O) groups excluding carboxylic acids is 1. The second-order valence-electron chi connectivity index (χ2n) is 6.87. The van der Waals surface area contributed by atoms with Crippen molar-refractivity contribution < 1.29 is 9.53 Å². The molecule has 0 bridgehead atoms. The van der Waals surface area contributed by atoms with Crippen LogP contribution in [0.25, 0.3) is 0 Å². The highest BCUT2D eigenvalue weighted by Gasteiger charge is 2.29. The normalized spacial score (nSPS) is 18.0. The first kappa shape index (κ1) is 18.4. The van der Waals surface area contributed by atoms with Crippen LogP contribution in [-0.4, -0.2) is 47.8 Å². The third kappa shape index (κ3) is 4.78. The largest absolute Gasteiger partial charge is 0.444 e. The van der Waals surface area contributed by atoms with Gasteiger partial charge in [0.25, 0.3) is 0 Å². The minimum absolute atomic E-state index is 0.0849. The van der Waals surface area contributed by atoms with E-state index >= 15 is 0 Å². The third-order valence-electron chi connectivity index (χ3n) is 3.88. The molecule has 0 unspecified atom stereocenters. The SMILES string of the molecule is CN(C(=O)OC(C)(C)C)[C@H]1CCCN(c2ccncc2SC#N)C1. The Morgan fingerprint density at radius 1 is 1.54 bits per heavy atom. The molecule has 2 rings (SSSR count). The topological polar surface area (TPSA) is 69.5 Å². The van der Waals surface area contributed by atoms with Crippen molar-refractivity contribution >= 4 is 23.5 Å². The van der Waals surface area contributed by atoms with Gasteiger partial charge in [-0.15, -0.1) is 0 Å². The molecular weight excluding hydrogens is 324 g/mol. The first-order valence-corrected chi connectivity index (χ1v) is 8.84. The number of nitriles is 1. The van der Waals surface area contributed by atoms with Crippen molar-refractivity contribution in [3.63, 3.8) is 0 Å². The second-order valence-corrected chi connectivity index (χ2v) is 7.70. The molecule has 1 amide bonds. The molecule has 0 radical (unpaired) electrons. The molecule has 1 aliphatic heterocycles. The Bertz CT molecular complexity index is 624. The first-order valence-electron chi connectivity index (χ1n) is 8.02. The summed E-state index contributed by atoms with van der Waals surface area (Å²) >= 11 is 1.12. The van der Waals surface area contributed by atoms with Crippen LogP contribution in [0.5, 0.6) is 0 Å². The van der Waals surface area contributed by atoms with Crippen molar-refractivity contribution in [3.8, 4) is 5.40 Å². The molecule has 0 spiro atoms. The molecule has 24 heavy (non-hydrogen) atoms. The van der Waals surface area contributed by atoms with E-state index in [9.17, 15) is 4.79 Å². The standard InChI is InChI=1S/C17H24N4O2S/c1-17(2,3)23-16(22)20(4)13-6-5-9-21(11-13)14-7-8-19-10-15(14)24-12-18/h7-8,10,13H,5-6,9,11H2,1-4H3/t13-/m0/s1. The highest BCUT2D eigenvalue weighted by atomic mass is 32.2. The van der Waals surface area contributed by atoms with Gasteiger partial charge in [-0.2, -0.15) is 5.26 Å². The molecular formula is C17H24N4O2S. The number of amides is 1. The summed E-state index contributed by atoms with van der Waals surface area (Å²) in [5.41, 5.74) is 0.500. The van der Waals surface area contributed by atoms with Crippen LogP contribution in [0.15, 0.2) is 23.4 Å². The molecule has 2 heterocycles. The van der Waals surface area contributed by atoms with E-state index in [0.717, 1.165) is 48.3 Å². The molecule has 130 valence electrons. The Morgan fingerprint density at radius 3 is 2.96 bits per heavy atom. The number of rotatable bonds is 3. The van der Waals surface area contributed by atoms with Gasteiger partial charge in [-0.05, 0) is 51.4 Å². The maximum Gasteiger partial charge on any atom is 0.410 e. The maximum absolute atomic E-state index is 12.3. The number of thiocyanates is 1. The van der Waals surface area contributed by atoms with Crippen molar-refractivity contribution in [3.05, 3.63) is 18.5 Å². The molecule has 0 N–H and O–H groups in total. The number of piperidine rings is 1. The molecule has 6 nitrogen and oxygen atoms in total. The van der Waals surface area contributed by atoms with E-state index in [4.69, 9.17) is 10.00 Å². The monoisotopic (exact) mass is 348 g/mol. The summed E-state index contributed by atoms with van der Waals surface area (Å²) in [5.74, 6) is 0. The summed E-state index contributed by atoms with van der Waals surface area (Å²) in [7, 11) is 1.79. The molecule has 0 saturated carbocycles. The van der Waals surface area contributed by atoms with Gasteiger partial charge in [0.2, 0.25) is 0 Å². The van der Waals surface area contributed by atoms with Crippen molar-refractivity contribution in [2.75, 3.05) is 25.0 Å². The second kappa shape index (κ2) is 7.75. The van der Waals surface area contributed by atoms with Crippen LogP contribution < -0.4 is 4.90 Å². The molecule has 1 aromatic heterocycles. The predicted molar refractivity (Wildman–Crippen MR) is 94.9 cm³/mol. The number of anilines is 1. The van der Waals surface area contributed by atoms with Crippen molar-refractivity contribution in [2.45, 2.75) is 50.2 Å². The van der Waals surface area contributed by atoms with Crippen molar-refractivity contribution in [1.82, 2.24) is 9.88 Å². The Hall–Kier alpha value is -1.94. The summed E-state index contributed by atoms with van der Waals surface area (Å²) in [4.78, 5) is 21.2. The molecule has 1 atom stereocenters. The van der Waals surface area contributed by atoms with Gasteiger partial charge in [0.1, 0.15) is 11.0 Å². The molecule has 0 aromatic carbocycles. The van der Waals surface area contributed by atoms with E-state index < -0.39 is 5.60 Å². The fourth-order valence-corrected chi connectivity index (χ4v) is 3.25. The summed E-state index contributed by atoms with van der Waals surface area (Å²) in [6.45, 7) is 7.23. The van der Waals surface area contributed by atoms with E-state index in [0.29, 0.717) is 0 Å². The fourth-order valence-electron chi connectivity index (χ4n) is 2.73. The summed E-state index contributed by atoms with van der Waals surface area (Å²) in [6, 6.07) is 2.01. The quantitative estimate of drug-likeness (QED) is 0.615. The van der Waals surface area contributed by atoms with E-state index in [-0.39, 0.29) is 12.1 Å². The fraction of sp³-hybridized carbons (Fsp3) is 0.588. The number of hydrogen-bond donors (Lipinski definition) is 0. The lowest BCUT2D eigenvalue weighted by Crippen LogP contribution is -2.50. The molecule has 1 aliphatic rings. The van der Waals surface area contributed by atoms with Gasteiger partial charge in [0, 0.05) is 32.5 Å². The smallest absolute Gasteiger partial charge is 0.410 e. The maximum atomic E-state index is 12.3. The Labute approximate surface area is 147 Å². The minimum atomic E-state index is -0.499.